The summed E-state index contributed by atoms with van der Waals surface area (Å²) in [6, 6.07) is 68.9. The van der Waals surface area contributed by atoms with Crippen molar-refractivity contribution in [2.24, 2.45) is 0 Å². The summed E-state index contributed by atoms with van der Waals surface area (Å²) in [5.41, 5.74) is 8.98. The molecule has 0 atom stereocenters. The number of para-hydroxylation sites is 1. The first kappa shape index (κ1) is 30.6. The SMILES string of the molecule is N#Cc1ccc(-n2c3ccccc3c3c4cccc5c6c(-c7ccccc7)c7cc8c9ccccc9c9cccc(c7c(-c7ccccc7)c6c(cc32)c54)c98)cc1. The maximum Gasteiger partial charge on any atom is 0.0991 e. The standard InChI is InChI=1S/C55H30N2/c56-31-32-25-27-35(28-26-32)57-46-24-10-9-19-39(46)52-40-21-12-23-42-51(40)45(30-47(52)57)55-49(34-15-5-2-6-16-34)53-41-22-11-20-38-36-17-7-8-18-37(36)43(50(38)41)29-44(53)48(54(42)55)33-13-3-1-4-14-33/h1-30H. The maximum absolute atomic E-state index is 9.68. The van der Waals surface area contributed by atoms with Gasteiger partial charge in [0.1, 0.15) is 0 Å². The second-order valence-electron chi connectivity index (χ2n) is 15.4. The highest BCUT2D eigenvalue weighted by molar-refractivity contribution is 6.46. The van der Waals surface area contributed by atoms with E-state index in [0.29, 0.717) is 5.56 Å². The summed E-state index contributed by atoms with van der Waals surface area (Å²) in [5.74, 6) is 0. The van der Waals surface area contributed by atoms with Gasteiger partial charge in [0.2, 0.25) is 0 Å². The third-order valence-electron chi connectivity index (χ3n) is 12.7. The minimum atomic E-state index is 0.653. The highest BCUT2D eigenvalue weighted by Crippen LogP contribution is 2.55. The van der Waals surface area contributed by atoms with Gasteiger partial charge in [0.15, 0.2) is 0 Å². The molecule has 0 N–H and O–H groups in total. The molecule has 12 aromatic carbocycles. The molecule has 0 unspecified atom stereocenters. The monoisotopic (exact) mass is 718 g/mol. The fourth-order valence-corrected chi connectivity index (χ4v) is 10.5. The van der Waals surface area contributed by atoms with Gasteiger partial charge in [0, 0.05) is 16.5 Å². The number of nitrogens with zero attached hydrogens (tertiary/aromatic N) is 2. The lowest BCUT2D eigenvalue weighted by Gasteiger charge is -2.19. The molecule has 57 heavy (non-hydrogen) atoms. The quantitative estimate of drug-likeness (QED) is 0.167. The van der Waals surface area contributed by atoms with Crippen molar-refractivity contribution in [3.05, 3.63) is 188 Å². The molecule has 0 bridgehead atoms. The van der Waals surface area contributed by atoms with Gasteiger partial charge in [-0.1, -0.05) is 140 Å². The van der Waals surface area contributed by atoms with E-state index < -0.39 is 0 Å². The zero-order valence-corrected chi connectivity index (χ0v) is 30.7. The van der Waals surface area contributed by atoms with Crippen LogP contribution in [0.15, 0.2) is 182 Å². The lowest BCUT2D eigenvalue weighted by molar-refractivity contribution is 1.18. The van der Waals surface area contributed by atoms with Crippen LogP contribution in [0.3, 0.4) is 0 Å². The molecule has 0 saturated heterocycles. The molecule has 0 radical (unpaired) electrons. The molecule has 0 fully saturated rings. The van der Waals surface area contributed by atoms with Crippen molar-refractivity contribution in [1.29, 1.82) is 5.26 Å². The number of hydrogen-bond donors (Lipinski definition) is 0. The lowest BCUT2D eigenvalue weighted by atomic mass is 9.84. The highest BCUT2D eigenvalue weighted by atomic mass is 15.0. The fraction of sp³-hybridized carbons (Fsp3) is 0. The van der Waals surface area contributed by atoms with Crippen LogP contribution < -0.4 is 0 Å². The molecule has 0 spiro atoms. The summed E-state index contributed by atoms with van der Waals surface area (Å²) < 4.78 is 2.39. The molecule has 2 heteroatoms. The molecule has 0 saturated carbocycles. The first-order valence-corrected chi connectivity index (χ1v) is 19.6. The van der Waals surface area contributed by atoms with E-state index >= 15 is 0 Å². The van der Waals surface area contributed by atoms with Crippen molar-refractivity contribution in [2.45, 2.75) is 0 Å². The Kier molecular flexibility index (Phi) is 5.99. The Balaban J connectivity index is 1.35. The summed E-state index contributed by atoms with van der Waals surface area (Å²) in [4.78, 5) is 0. The van der Waals surface area contributed by atoms with Crippen molar-refractivity contribution in [3.8, 4) is 34.0 Å². The average Bonchev–Trinajstić information content (AvgIpc) is 3.91. The van der Waals surface area contributed by atoms with E-state index in [1.54, 1.807) is 0 Å². The van der Waals surface area contributed by atoms with E-state index in [2.05, 4.69) is 180 Å². The summed E-state index contributed by atoms with van der Waals surface area (Å²) in [5, 5.41) is 30.2. The van der Waals surface area contributed by atoms with Gasteiger partial charge in [0.25, 0.3) is 0 Å². The van der Waals surface area contributed by atoms with Gasteiger partial charge < -0.3 is 4.57 Å². The van der Waals surface area contributed by atoms with E-state index in [9.17, 15) is 5.26 Å². The van der Waals surface area contributed by atoms with Crippen LogP contribution >= 0.6 is 0 Å². The molecule has 1 heterocycles. The summed E-state index contributed by atoms with van der Waals surface area (Å²) in [7, 11) is 0. The summed E-state index contributed by atoms with van der Waals surface area (Å²) in [6.07, 6.45) is 0. The van der Waals surface area contributed by atoms with E-state index in [4.69, 9.17) is 0 Å². The van der Waals surface area contributed by atoms with Gasteiger partial charge in [-0.25, -0.2) is 0 Å². The van der Waals surface area contributed by atoms with Crippen molar-refractivity contribution in [1.82, 2.24) is 4.57 Å². The van der Waals surface area contributed by atoms with Crippen molar-refractivity contribution >= 4 is 97.2 Å². The molecule has 0 aliphatic carbocycles. The third-order valence-corrected chi connectivity index (χ3v) is 12.7. The molecule has 0 amide bonds. The van der Waals surface area contributed by atoms with E-state index in [1.807, 2.05) is 12.1 Å². The van der Waals surface area contributed by atoms with Gasteiger partial charge in [0.05, 0.1) is 22.7 Å². The number of fused-ring (bicyclic) bond motifs is 12. The molecule has 13 aromatic rings. The van der Waals surface area contributed by atoms with Crippen LogP contribution in [0.2, 0.25) is 0 Å². The van der Waals surface area contributed by atoms with Gasteiger partial charge >= 0.3 is 0 Å². The predicted octanol–water partition coefficient (Wildman–Crippen LogP) is 14.9. The van der Waals surface area contributed by atoms with E-state index in [1.165, 1.54) is 108 Å². The molecular weight excluding hydrogens is 689 g/mol. The number of nitriles is 1. The molecule has 1 aromatic heterocycles. The van der Waals surface area contributed by atoms with Gasteiger partial charge in [-0.15, -0.1) is 0 Å². The van der Waals surface area contributed by atoms with Crippen molar-refractivity contribution in [2.75, 3.05) is 0 Å². The largest absolute Gasteiger partial charge is 0.309 e. The number of benzene rings is 10. The Morgan fingerprint density at radius 2 is 0.842 bits per heavy atom. The van der Waals surface area contributed by atoms with Crippen LogP contribution in [0, 0.1) is 11.3 Å². The Labute approximate surface area is 327 Å². The molecule has 0 aliphatic heterocycles. The second-order valence-corrected chi connectivity index (χ2v) is 15.4. The molecule has 0 aliphatic rings. The average molecular weight is 719 g/mol. The smallest absolute Gasteiger partial charge is 0.0991 e. The van der Waals surface area contributed by atoms with Crippen LogP contribution in [0.1, 0.15) is 5.56 Å². The maximum atomic E-state index is 9.68. The Hall–Kier alpha value is -7.73. The van der Waals surface area contributed by atoms with Crippen LogP contribution in [-0.2, 0) is 0 Å². The first-order chi connectivity index (χ1) is 28.3. The predicted molar refractivity (Wildman–Crippen MR) is 241 cm³/mol. The van der Waals surface area contributed by atoms with Gasteiger partial charge in [-0.05, 0) is 140 Å². The lowest BCUT2D eigenvalue weighted by Crippen LogP contribution is -1.94. The molecule has 260 valence electrons. The second kappa shape index (κ2) is 11.2. The van der Waals surface area contributed by atoms with Crippen molar-refractivity contribution < 1.29 is 0 Å². The minimum absolute atomic E-state index is 0.653. The van der Waals surface area contributed by atoms with Crippen molar-refractivity contribution in [3.63, 3.8) is 0 Å². The van der Waals surface area contributed by atoms with E-state index in [-0.39, 0.29) is 0 Å². The number of hydrogen-bond acceptors (Lipinski definition) is 1. The Bertz CT molecular complexity index is 3830. The fourth-order valence-electron chi connectivity index (χ4n) is 10.5. The van der Waals surface area contributed by atoms with Crippen LogP contribution in [0.25, 0.3) is 125 Å². The summed E-state index contributed by atoms with van der Waals surface area (Å²) in [6.45, 7) is 0. The Morgan fingerprint density at radius 3 is 1.54 bits per heavy atom. The zero-order valence-electron chi connectivity index (χ0n) is 30.7. The molecule has 2 nitrogen and oxygen atoms in total. The molecular formula is C55H30N2. The normalized spacial score (nSPS) is 12.2. The molecule has 13 rings (SSSR count). The van der Waals surface area contributed by atoms with Crippen LogP contribution in [0.5, 0.6) is 0 Å². The topological polar surface area (TPSA) is 28.7 Å². The zero-order chi connectivity index (χ0) is 37.4. The third kappa shape index (κ3) is 3.92. The summed E-state index contributed by atoms with van der Waals surface area (Å²) >= 11 is 0. The number of aromatic nitrogens is 1. The minimum Gasteiger partial charge on any atom is -0.309 e. The highest BCUT2D eigenvalue weighted by Gasteiger charge is 2.28. The van der Waals surface area contributed by atoms with Crippen LogP contribution in [-0.4, -0.2) is 4.57 Å². The first-order valence-electron chi connectivity index (χ1n) is 19.6. The Morgan fingerprint density at radius 1 is 0.316 bits per heavy atom. The number of rotatable bonds is 3. The van der Waals surface area contributed by atoms with Gasteiger partial charge in [-0.2, -0.15) is 5.26 Å². The van der Waals surface area contributed by atoms with Crippen LogP contribution in [0.4, 0.5) is 0 Å². The van der Waals surface area contributed by atoms with Gasteiger partial charge in [-0.3, -0.25) is 0 Å². The van der Waals surface area contributed by atoms with E-state index in [0.717, 1.165) is 16.7 Å².